The van der Waals surface area contributed by atoms with Gasteiger partial charge in [-0.3, -0.25) is 40.7 Å². The summed E-state index contributed by atoms with van der Waals surface area (Å²) in [6.45, 7) is 5.22. The first kappa shape index (κ1) is 72.3. The Morgan fingerprint density at radius 1 is 0.480 bits per heavy atom. The second-order valence-electron chi connectivity index (χ2n) is 29.9. The van der Waals surface area contributed by atoms with Crippen LogP contribution in [0.2, 0.25) is 0 Å². The van der Waals surface area contributed by atoms with Crippen molar-refractivity contribution in [1.82, 2.24) is 40.6 Å². The average molecular weight is 1350 g/mol. The van der Waals surface area contributed by atoms with Crippen LogP contribution in [-0.2, 0) is 50.2 Å². The molecule has 21 heteroatoms. The van der Waals surface area contributed by atoms with E-state index in [1.54, 1.807) is 16.8 Å². The molecule has 98 heavy (non-hydrogen) atoms. The molecule has 0 bridgehead atoms. The molecule has 4 unspecified atom stereocenters. The van der Waals surface area contributed by atoms with Gasteiger partial charge in [-0.25, -0.2) is 19.2 Å². The van der Waals surface area contributed by atoms with Gasteiger partial charge in [0.05, 0.1) is 31.8 Å². The minimum atomic E-state index is -0.407. The van der Waals surface area contributed by atoms with Crippen molar-refractivity contribution < 1.29 is 53.1 Å². The zero-order chi connectivity index (χ0) is 68.8. The summed E-state index contributed by atoms with van der Waals surface area (Å²) in [5.41, 5.74) is 9.17. The number of amides is 4. The molecule has 4 atom stereocenters. The minimum absolute atomic E-state index is 0.00694. The number of aliphatic imine (C=N–C) groups is 1. The lowest BCUT2D eigenvalue weighted by atomic mass is 9.97. The molecule has 4 amide bonds. The van der Waals surface area contributed by atoms with Gasteiger partial charge in [0.2, 0.25) is 0 Å². The molecular weight excluding hydrogens is 1240 g/mol. The van der Waals surface area contributed by atoms with Gasteiger partial charge in [-0.2, -0.15) is 0 Å². The number of ether oxygens (including phenoxy) is 4. The molecule has 0 radical (unpaired) electrons. The molecule has 12 fully saturated rings. The summed E-state index contributed by atoms with van der Waals surface area (Å²) in [4.78, 5) is 74.5. The number of nitrogens with one attached hydrogen (secondary N) is 3. The molecule has 6 saturated heterocycles. The van der Waals surface area contributed by atoms with Crippen LogP contribution in [0, 0.1) is 0 Å². The third kappa shape index (κ3) is 19.3. The van der Waals surface area contributed by atoms with Crippen molar-refractivity contribution in [2.75, 3.05) is 60.4 Å². The van der Waals surface area contributed by atoms with E-state index in [0.717, 1.165) is 150 Å². The van der Waals surface area contributed by atoms with E-state index >= 15 is 0 Å². The van der Waals surface area contributed by atoms with Gasteiger partial charge < -0.3 is 44.7 Å². The van der Waals surface area contributed by atoms with Gasteiger partial charge in [-0.1, -0.05) is 121 Å². The first-order valence-corrected chi connectivity index (χ1v) is 36.3. The fourth-order valence-electron chi connectivity index (χ4n) is 15.0. The Hall–Kier alpha value is -6.98. The second-order valence-corrected chi connectivity index (χ2v) is 29.9. The van der Waals surface area contributed by atoms with E-state index in [9.17, 15) is 29.1 Å². The molecule has 16 rings (SSSR count). The maximum absolute atomic E-state index is 12.4. The fraction of sp³-hybridized carbons (Fsp3) is 0.610. The highest BCUT2D eigenvalue weighted by Crippen LogP contribution is 2.52. The monoisotopic (exact) mass is 1350 g/mol. The number of likely N-dealkylation sites (N-methyl/N-ethyl adjacent to an activating group) is 2. The summed E-state index contributed by atoms with van der Waals surface area (Å²) in [7, 11) is 5.98. The smallest absolute Gasteiger partial charge is 0.410 e. The molecule has 6 saturated carbocycles. The van der Waals surface area contributed by atoms with Crippen LogP contribution in [0.3, 0.4) is 0 Å². The number of nitrogens with zero attached hydrogens (tertiary/aromatic N) is 6. The topological polar surface area (TPSA) is 253 Å². The summed E-state index contributed by atoms with van der Waals surface area (Å²) in [5, 5.41) is 25.5. The number of hydrazine groups is 1. The van der Waals surface area contributed by atoms with Crippen molar-refractivity contribution >= 4 is 35.9 Å². The number of carbonyl (C=O) groups is 5. The van der Waals surface area contributed by atoms with Crippen LogP contribution < -0.4 is 21.9 Å². The quantitative estimate of drug-likeness (QED) is 0.0490. The Balaban J connectivity index is 0.000000121. The molecule has 4 aromatic rings. The number of likely N-dealkylation sites (tertiary alicyclic amines) is 5. The largest absolute Gasteiger partial charge is 0.445 e. The van der Waals surface area contributed by atoms with Crippen LogP contribution in [0.1, 0.15) is 176 Å². The van der Waals surface area contributed by atoms with Crippen LogP contribution in [0.25, 0.3) is 0 Å². The number of aliphatic hydroxyl groups excluding tert-OH is 2. The van der Waals surface area contributed by atoms with E-state index < -0.39 is 6.10 Å². The van der Waals surface area contributed by atoms with Crippen molar-refractivity contribution in [2.45, 2.75) is 238 Å². The number of carbonyl (C=O) groups excluding carboxylic acids is 5. The number of hydrogen-bond donors (Lipinski definition) is 6. The lowest BCUT2D eigenvalue weighted by Crippen LogP contribution is -2.53. The van der Waals surface area contributed by atoms with Crippen LogP contribution >= 0.6 is 0 Å². The van der Waals surface area contributed by atoms with E-state index in [1.807, 2.05) is 138 Å². The van der Waals surface area contributed by atoms with E-state index in [4.69, 9.17) is 29.9 Å². The average Bonchev–Trinajstić information content (AvgIpc) is 1.76. The molecule has 6 aliphatic heterocycles. The number of aliphatic hydroxyl groups is 2. The lowest BCUT2D eigenvalue weighted by Gasteiger charge is -2.39. The Kier molecular flexibility index (Phi) is 24.0. The summed E-state index contributed by atoms with van der Waals surface area (Å²) in [6, 6.07) is 39.8. The summed E-state index contributed by atoms with van der Waals surface area (Å²) >= 11 is 0. The van der Waals surface area contributed by atoms with E-state index in [0.29, 0.717) is 62.5 Å². The standard InChI is InChI=1S/C16H22N2O2.C16H20N2O2.C15H19NO3.C15H17NO3.C8H17N3.C7H13NO/c2*1-17-14-7-8-16(9-10-16)18(11-14)15(19)20-12-13-5-3-2-4-6-13;2*17-13-6-7-15(8-9-15)16(10-13)14(18)19-11-12-4-2-1-3-5-12;1-11-6-7(10-9)2-3-8(11)4-5-8;9-6-1-2-7(3-4-7)8-5-6/h2-6,14,17H,7-12H2,1H3;2-6H,7-12H2,1H3;1-5,13,17H,6-11H2;1-5H,6-11H2;7,10H,2-6,9H2,1H3;6,8-9H,1-5H2. The van der Waals surface area contributed by atoms with E-state index in [-0.39, 0.29) is 71.6 Å². The van der Waals surface area contributed by atoms with Crippen molar-refractivity contribution in [2.24, 2.45) is 10.8 Å². The van der Waals surface area contributed by atoms with Crippen molar-refractivity contribution in [3.63, 3.8) is 0 Å². The molecular formula is C77H108N10O11. The molecule has 532 valence electrons. The van der Waals surface area contributed by atoms with Crippen molar-refractivity contribution in [3.05, 3.63) is 144 Å². The highest BCUT2D eigenvalue weighted by atomic mass is 16.6. The number of Topliss-reactive ketones (excluding diaryl/α,β-unsaturated/α-hetero) is 1. The van der Waals surface area contributed by atoms with Crippen molar-refractivity contribution in [1.29, 1.82) is 0 Å². The predicted molar refractivity (Wildman–Crippen MR) is 375 cm³/mol. The molecule has 6 heterocycles. The summed E-state index contributed by atoms with van der Waals surface area (Å²) < 4.78 is 21.7. The number of rotatable bonds is 10. The van der Waals surface area contributed by atoms with Gasteiger partial charge >= 0.3 is 24.4 Å². The summed E-state index contributed by atoms with van der Waals surface area (Å²) in [6.07, 6.45) is 24.7. The van der Waals surface area contributed by atoms with Gasteiger partial charge in [0.1, 0.15) is 26.4 Å². The van der Waals surface area contributed by atoms with Gasteiger partial charge in [0.15, 0.2) is 5.78 Å². The van der Waals surface area contributed by atoms with Crippen molar-refractivity contribution in [3.8, 4) is 0 Å². The van der Waals surface area contributed by atoms with Crippen LogP contribution in [0.5, 0.6) is 0 Å². The molecule has 6 aliphatic carbocycles. The molecule has 4 aromatic carbocycles. The number of piperidine rings is 6. The first-order valence-electron chi connectivity index (χ1n) is 36.3. The normalized spacial score (nSPS) is 25.6. The maximum atomic E-state index is 12.4. The molecule has 7 N–H and O–H groups in total. The zero-order valence-corrected chi connectivity index (χ0v) is 58.2. The number of hydrogen-bond acceptors (Lipinski definition) is 17. The predicted octanol–water partition coefficient (Wildman–Crippen LogP) is 10.7. The zero-order valence-electron chi connectivity index (χ0n) is 58.2. The number of β-amino-alcohol motifs (C(OH)–C–C–N with tert-alkyl or cyclic N) is 2. The van der Waals surface area contributed by atoms with Gasteiger partial charge in [-0.15, -0.1) is 0 Å². The number of nitrogens with two attached hydrogens (primary N) is 1. The molecule has 21 nitrogen and oxygen atoms in total. The van der Waals surface area contributed by atoms with Crippen LogP contribution in [-0.4, -0.2) is 189 Å². The highest BCUT2D eigenvalue weighted by Gasteiger charge is 2.57. The van der Waals surface area contributed by atoms with Gasteiger partial charge in [0, 0.05) is 84.1 Å². The Morgan fingerprint density at radius 2 is 0.867 bits per heavy atom. The SMILES string of the molecule is CN1CC(NN)CCC12CC2.CN=C1CCC2(CC2)N(C(=O)OCc2ccccc2)C1.CNC1CCC2(CC2)N(C(=O)OCc2ccccc2)C1.O=C(OCc1ccccc1)N1CC(O)CCC12CC2.O=C1CCC2(CC2)N(C(=O)OCc2ccccc2)C1.OC1CCC2(CC2)NC1. The second kappa shape index (κ2) is 32.6. The molecule has 6 spiro atoms. The Labute approximate surface area is 579 Å². The number of benzene rings is 4. The van der Waals surface area contributed by atoms with Gasteiger partial charge in [0.25, 0.3) is 0 Å². The Bertz CT molecular complexity index is 3280. The number of ketones is 1. The first-order chi connectivity index (χ1) is 47.4. The Morgan fingerprint density at radius 3 is 1.27 bits per heavy atom. The van der Waals surface area contributed by atoms with E-state index in [1.165, 1.54) is 44.9 Å². The lowest BCUT2D eigenvalue weighted by molar-refractivity contribution is -0.123. The maximum Gasteiger partial charge on any atom is 0.410 e. The molecule has 12 aliphatic rings. The fourth-order valence-corrected chi connectivity index (χ4v) is 15.0. The van der Waals surface area contributed by atoms with Gasteiger partial charge in [-0.05, 0) is 184 Å². The molecule has 0 aromatic heterocycles. The van der Waals surface area contributed by atoms with Crippen LogP contribution in [0.4, 0.5) is 19.2 Å². The highest BCUT2D eigenvalue weighted by molar-refractivity contribution is 5.91. The third-order valence-electron chi connectivity index (χ3n) is 23.0. The summed E-state index contributed by atoms with van der Waals surface area (Å²) in [5.74, 6) is 5.53. The minimum Gasteiger partial charge on any atom is -0.445 e. The third-order valence-corrected chi connectivity index (χ3v) is 23.0. The van der Waals surface area contributed by atoms with Crippen LogP contribution in [0.15, 0.2) is 126 Å². The van der Waals surface area contributed by atoms with E-state index in [2.05, 4.69) is 33.0 Å².